The summed E-state index contributed by atoms with van der Waals surface area (Å²) in [5, 5.41) is 11.1. The van der Waals surface area contributed by atoms with Crippen molar-refractivity contribution in [2.45, 2.75) is 25.4 Å². The Kier molecular flexibility index (Phi) is 4.56. The van der Waals surface area contributed by atoms with E-state index in [1.54, 1.807) is 41.3 Å². The van der Waals surface area contributed by atoms with Crippen molar-refractivity contribution in [1.29, 1.82) is 0 Å². The number of anilines is 1. The first kappa shape index (κ1) is 16.9. The highest BCUT2D eigenvalue weighted by Gasteiger charge is 2.50. The molecular weight excluding hydrogens is 370 g/mol. The Bertz CT molecular complexity index is 787. The van der Waals surface area contributed by atoms with E-state index in [0.29, 0.717) is 23.4 Å². The van der Waals surface area contributed by atoms with Crippen LogP contribution in [-0.2, 0) is 10.4 Å². The highest BCUT2D eigenvalue weighted by atomic mass is 79.9. The third kappa shape index (κ3) is 2.78. The van der Waals surface area contributed by atoms with Crippen LogP contribution in [0.1, 0.15) is 35.7 Å². The smallest absolute Gasteiger partial charge is 0.264 e. The first-order valence-electron chi connectivity index (χ1n) is 7.90. The van der Waals surface area contributed by atoms with E-state index in [-0.39, 0.29) is 12.2 Å². The molecule has 0 saturated carbocycles. The second kappa shape index (κ2) is 6.49. The molecule has 1 atom stereocenters. The number of nitrogens with zero attached hydrogens (tertiary/aromatic N) is 1. The maximum atomic E-state index is 12.8. The molecule has 2 aromatic carbocycles. The summed E-state index contributed by atoms with van der Waals surface area (Å²) >= 11 is 3.33. The fraction of sp³-hybridized carbons (Fsp3) is 0.263. The number of halogens is 1. The van der Waals surface area contributed by atoms with Gasteiger partial charge < -0.3 is 10.0 Å². The SMILES string of the molecule is CCCN1C(=O)C(O)(CC(=O)c2ccc(Br)cc2)c2ccccc21. The molecule has 24 heavy (non-hydrogen) atoms. The van der Waals surface area contributed by atoms with Crippen LogP contribution >= 0.6 is 15.9 Å². The molecular formula is C19H18BrNO3. The Morgan fingerprint density at radius 3 is 2.50 bits per heavy atom. The zero-order valence-electron chi connectivity index (χ0n) is 13.3. The van der Waals surface area contributed by atoms with Crippen LogP contribution in [0, 0.1) is 0 Å². The number of fused-ring (bicyclic) bond motifs is 1. The number of para-hydroxylation sites is 1. The third-order valence-corrected chi connectivity index (χ3v) is 4.80. The Morgan fingerprint density at radius 2 is 1.83 bits per heavy atom. The van der Waals surface area contributed by atoms with Crippen molar-refractivity contribution in [3.05, 3.63) is 64.1 Å². The summed E-state index contributed by atoms with van der Waals surface area (Å²) in [6, 6.07) is 14.0. The van der Waals surface area contributed by atoms with Crippen LogP contribution in [0.25, 0.3) is 0 Å². The molecule has 1 heterocycles. The number of benzene rings is 2. The first-order chi connectivity index (χ1) is 11.5. The van der Waals surface area contributed by atoms with Crippen LogP contribution in [0.15, 0.2) is 53.0 Å². The maximum Gasteiger partial charge on any atom is 0.264 e. The van der Waals surface area contributed by atoms with Crippen molar-refractivity contribution in [3.63, 3.8) is 0 Å². The molecule has 1 N–H and O–H groups in total. The maximum absolute atomic E-state index is 12.8. The van der Waals surface area contributed by atoms with Gasteiger partial charge in [-0.2, -0.15) is 0 Å². The van der Waals surface area contributed by atoms with Gasteiger partial charge in [-0.1, -0.05) is 53.2 Å². The molecule has 1 amide bonds. The summed E-state index contributed by atoms with van der Waals surface area (Å²) < 4.78 is 0.870. The molecule has 1 aliphatic heterocycles. The Morgan fingerprint density at radius 1 is 1.17 bits per heavy atom. The average Bonchev–Trinajstić information content (AvgIpc) is 2.78. The number of hydrogen-bond acceptors (Lipinski definition) is 3. The second-order valence-electron chi connectivity index (χ2n) is 5.94. The molecule has 4 nitrogen and oxygen atoms in total. The van der Waals surface area contributed by atoms with E-state index >= 15 is 0 Å². The summed E-state index contributed by atoms with van der Waals surface area (Å²) in [4.78, 5) is 27.0. The molecule has 124 valence electrons. The van der Waals surface area contributed by atoms with Gasteiger partial charge in [0.15, 0.2) is 11.4 Å². The average molecular weight is 388 g/mol. The zero-order valence-corrected chi connectivity index (χ0v) is 14.9. The van der Waals surface area contributed by atoms with E-state index < -0.39 is 11.5 Å². The number of amides is 1. The molecule has 5 heteroatoms. The predicted molar refractivity (Wildman–Crippen MR) is 96.1 cm³/mol. The number of Topliss-reactive ketones (excluding diaryl/α,β-unsaturated/α-hetero) is 1. The number of carbonyl (C=O) groups is 2. The lowest BCUT2D eigenvalue weighted by Gasteiger charge is -2.22. The normalized spacial score (nSPS) is 19.5. The molecule has 1 aliphatic rings. The van der Waals surface area contributed by atoms with E-state index in [1.165, 1.54) is 0 Å². The fourth-order valence-corrected chi connectivity index (χ4v) is 3.36. The quantitative estimate of drug-likeness (QED) is 0.796. The van der Waals surface area contributed by atoms with Crippen LogP contribution in [0.5, 0.6) is 0 Å². The molecule has 0 spiro atoms. The highest BCUT2D eigenvalue weighted by molar-refractivity contribution is 9.10. The van der Waals surface area contributed by atoms with Gasteiger partial charge in [0.2, 0.25) is 0 Å². The number of hydrogen-bond donors (Lipinski definition) is 1. The number of aliphatic hydroxyl groups is 1. The van der Waals surface area contributed by atoms with Crippen LogP contribution in [-0.4, -0.2) is 23.3 Å². The van der Waals surface area contributed by atoms with Crippen molar-refractivity contribution in [2.24, 2.45) is 0 Å². The van der Waals surface area contributed by atoms with E-state index in [0.717, 1.165) is 10.9 Å². The van der Waals surface area contributed by atoms with E-state index in [4.69, 9.17) is 0 Å². The van der Waals surface area contributed by atoms with Crippen LogP contribution in [0.4, 0.5) is 5.69 Å². The standard InChI is InChI=1S/C19H18BrNO3/c1-2-11-21-16-6-4-3-5-15(16)19(24,18(21)23)12-17(22)13-7-9-14(20)10-8-13/h3-10,24H,2,11-12H2,1H3. The lowest BCUT2D eigenvalue weighted by molar-refractivity contribution is -0.135. The predicted octanol–water partition coefficient (Wildman–Crippen LogP) is 3.67. The van der Waals surface area contributed by atoms with E-state index in [2.05, 4.69) is 15.9 Å². The summed E-state index contributed by atoms with van der Waals surface area (Å²) in [6.07, 6.45) is 0.515. The highest BCUT2D eigenvalue weighted by Crippen LogP contribution is 2.42. The van der Waals surface area contributed by atoms with Gasteiger partial charge in [-0.25, -0.2) is 0 Å². The van der Waals surface area contributed by atoms with Gasteiger partial charge in [-0.15, -0.1) is 0 Å². The summed E-state index contributed by atoms with van der Waals surface area (Å²) in [5.41, 5.74) is -0.120. The minimum Gasteiger partial charge on any atom is -0.375 e. The molecule has 0 aliphatic carbocycles. The summed E-state index contributed by atoms with van der Waals surface area (Å²) in [6.45, 7) is 2.49. The Labute approximate surface area is 149 Å². The van der Waals surface area contributed by atoms with Crippen molar-refractivity contribution < 1.29 is 14.7 Å². The monoisotopic (exact) mass is 387 g/mol. The second-order valence-corrected chi connectivity index (χ2v) is 6.86. The molecule has 0 radical (unpaired) electrons. The van der Waals surface area contributed by atoms with E-state index in [1.807, 2.05) is 19.1 Å². The fourth-order valence-electron chi connectivity index (χ4n) is 3.09. The lowest BCUT2D eigenvalue weighted by atomic mass is 9.88. The Balaban J connectivity index is 1.95. The number of rotatable bonds is 5. The van der Waals surface area contributed by atoms with Crippen molar-refractivity contribution >= 4 is 33.3 Å². The molecule has 2 aromatic rings. The van der Waals surface area contributed by atoms with Gasteiger partial charge in [0.05, 0.1) is 12.1 Å². The van der Waals surface area contributed by atoms with Crippen molar-refractivity contribution in [2.75, 3.05) is 11.4 Å². The molecule has 0 fully saturated rings. The van der Waals surface area contributed by atoms with Crippen molar-refractivity contribution in [3.8, 4) is 0 Å². The van der Waals surface area contributed by atoms with Crippen LogP contribution < -0.4 is 4.90 Å². The molecule has 0 saturated heterocycles. The zero-order chi connectivity index (χ0) is 17.3. The van der Waals surface area contributed by atoms with Gasteiger partial charge in [0.1, 0.15) is 0 Å². The summed E-state index contributed by atoms with van der Waals surface area (Å²) in [7, 11) is 0. The summed E-state index contributed by atoms with van der Waals surface area (Å²) in [5.74, 6) is -0.678. The van der Waals surface area contributed by atoms with E-state index in [9.17, 15) is 14.7 Å². The van der Waals surface area contributed by atoms with Gasteiger partial charge in [0, 0.05) is 22.1 Å². The molecule has 1 unspecified atom stereocenters. The minimum absolute atomic E-state index is 0.258. The van der Waals surface area contributed by atoms with Gasteiger partial charge >= 0.3 is 0 Å². The largest absolute Gasteiger partial charge is 0.375 e. The van der Waals surface area contributed by atoms with Crippen molar-refractivity contribution in [1.82, 2.24) is 0 Å². The number of ketones is 1. The van der Waals surface area contributed by atoms with Gasteiger partial charge in [-0.3, -0.25) is 9.59 Å². The lowest BCUT2D eigenvalue weighted by Crippen LogP contribution is -2.42. The molecule has 3 rings (SSSR count). The minimum atomic E-state index is -1.80. The molecule has 0 aromatic heterocycles. The first-order valence-corrected chi connectivity index (χ1v) is 8.69. The van der Waals surface area contributed by atoms with Crippen LogP contribution in [0.2, 0.25) is 0 Å². The Hall–Kier alpha value is -1.98. The van der Waals surface area contributed by atoms with Gasteiger partial charge in [0.25, 0.3) is 5.91 Å². The van der Waals surface area contributed by atoms with Gasteiger partial charge in [-0.05, 0) is 24.6 Å². The topological polar surface area (TPSA) is 57.6 Å². The van der Waals surface area contributed by atoms with Crippen LogP contribution in [0.3, 0.4) is 0 Å². The number of carbonyl (C=O) groups excluding carboxylic acids is 2. The third-order valence-electron chi connectivity index (χ3n) is 4.27. The molecule has 0 bridgehead atoms.